The van der Waals surface area contributed by atoms with Crippen LogP contribution in [0.4, 0.5) is 0 Å². The van der Waals surface area contributed by atoms with Crippen LogP contribution in [-0.4, -0.2) is 16.1 Å². The minimum atomic E-state index is 0.154. The Kier molecular flexibility index (Phi) is 1.67. The Labute approximate surface area is 81.6 Å². The highest BCUT2D eigenvalue weighted by Crippen LogP contribution is 2.24. The molecule has 0 spiro atoms. The molecule has 0 aromatic carbocycles. The molecule has 0 saturated carbocycles. The Morgan fingerprint density at radius 3 is 3.43 bits per heavy atom. The maximum Gasteiger partial charge on any atom is 0.126 e. The third-order valence-electron chi connectivity index (χ3n) is 2.57. The van der Waals surface area contributed by atoms with Crippen molar-refractivity contribution in [1.82, 2.24) is 14.9 Å². The molecule has 0 saturated heterocycles. The summed E-state index contributed by atoms with van der Waals surface area (Å²) < 4.78 is 7.55. The van der Waals surface area contributed by atoms with Gasteiger partial charge in [0.15, 0.2) is 0 Å². The van der Waals surface area contributed by atoms with Crippen LogP contribution in [-0.2, 0) is 6.54 Å². The summed E-state index contributed by atoms with van der Waals surface area (Å²) in [6, 6.07) is 4.05. The largest absolute Gasteiger partial charge is 0.467 e. The van der Waals surface area contributed by atoms with Gasteiger partial charge in [0.1, 0.15) is 11.8 Å². The molecule has 1 atom stereocenters. The first-order chi connectivity index (χ1) is 6.95. The molecule has 0 fully saturated rings. The van der Waals surface area contributed by atoms with E-state index in [0.29, 0.717) is 0 Å². The first-order valence-electron chi connectivity index (χ1n) is 4.72. The van der Waals surface area contributed by atoms with Gasteiger partial charge >= 0.3 is 0 Å². The number of imidazole rings is 1. The van der Waals surface area contributed by atoms with E-state index in [4.69, 9.17) is 4.42 Å². The van der Waals surface area contributed by atoms with Gasteiger partial charge in [0.25, 0.3) is 0 Å². The average molecular weight is 189 g/mol. The standard InChI is InChI=1S/C10H11N3O/c1-2-9(14-5-1)10-8-6-11-7-13(8)4-3-12-10/h1-2,5-7,10,12H,3-4H2. The maximum absolute atomic E-state index is 5.40. The summed E-state index contributed by atoms with van der Waals surface area (Å²) >= 11 is 0. The molecule has 4 heteroatoms. The molecule has 2 aromatic rings. The number of furan rings is 1. The Hall–Kier alpha value is -1.55. The summed E-state index contributed by atoms with van der Waals surface area (Å²) in [6.45, 7) is 1.93. The van der Waals surface area contributed by atoms with E-state index in [9.17, 15) is 0 Å². The predicted octanol–water partition coefficient (Wildman–Crippen LogP) is 1.17. The van der Waals surface area contributed by atoms with Crippen molar-refractivity contribution >= 4 is 0 Å². The molecule has 1 aliphatic rings. The Balaban J connectivity index is 2.04. The van der Waals surface area contributed by atoms with Crippen LogP contribution in [0.3, 0.4) is 0 Å². The number of hydrogen-bond donors (Lipinski definition) is 1. The van der Waals surface area contributed by atoms with E-state index in [2.05, 4.69) is 14.9 Å². The molecule has 2 aromatic heterocycles. The van der Waals surface area contributed by atoms with E-state index < -0.39 is 0 Å². The number of hydrogen-bond acceptors (Lipinski definition) is 3. The topological polar surface area (TPSA) is 43.0 Å². The van der Waals surface area contributed by atoms with Crippen LogP contribution in [0.2, 0.25) is 0 Å². The second kappa shape index (κ2) is 2.99. The van der Waals surface area contributed by atoms with Crippen molar-refractivity contribution in [2.24, 2.45) is 0 Å². The van der Waals surface area contributed by atoms with E-state index in [-0.39, 0.29) is 6.04 Å². The van der Waals surface area contributed by atoms with Crippen molar-refractivity contribution in [1.29, 1.82) is 0 Å². The van der Waals surface area contributed by atoms with Crippen molar-refractivity contribution in [3.8, 4) is 0 Å². The number of nitrogens with one attached hydrogen (secondary N) is 1. The van der Waals surface area contributed by atoms with Crippen LogP contribution in [0.15, 0.2) is 35.3 Å². The molecule has 4 nitrogen and oxygen atoms in total. The monoisotopic (exact) mass is 189 g/mol. The quantitative estimate of drug-likeness (QED) is 0.732. The Morgan fingerprint density at radius 2 is 2.57 bits per heavy atom. The second-order valence-corrected chi connectivity index (χ2v) is 3.41. The van der Waals surface area contributed by atoms with Gasteiger partial charge in [0, 0.05) is 13.1 Å². The van der Waals surface area contributed by atoms with Gasteiger partial charge in [-0.2, -0.15) is 0 Å². The van der Waals surface area contributed by atoms with Gasteiger partial charge in [-0.1, -0.05) is 0 Å². The zero-order valence-electron chi connectivity index (χ0n) is 7.68. The van der Waals surface area contributed by atoms with Gasteiger partial charge in [-0.05, 0) is 12.1 Å². The van der Waals surface area contributed by atoms with Crippen molar-refractivity contribution < 1.29 is 4.42 Å². The highest BCUT2D eigenvalue weighted by atomic mass is 16.3. The maximum atomic E-state index is 5.40. The molecule has 3 heterocycles. The lowest BCUT2D eigenvalue weighted by molar-refractivity contribution is 0.396. The highest BCUT2D eigenvalue weighted by molar-refractivity contribution is 5.20. The zero-order valence-corrected chi connectivity index (χ0v) is 7.68. The van der Waals surface area contributed by atoms with Gasteiger partial charge in [0.2, 0.25) is 0 Å². The molecule has 3 rings (SSSR count). The second-order valence-electron chi connectivity index (χ2n) is 3.41. The average Bonchev–Trinajstić information content (AvgIpc) is 2.88. The molecule has 0 radical (unpaired) electrons. The van der Waals surface area contributed by atoms with Crippen LogP contribution >= 0.6 is 0 Å². The number of nitrogens with zero attached hydrogens (tertiary/aromatic N) is 2. The van der Waals surface area contributed by atoms with E-state index in [0.717, 1.165) is 18.8 Å². The first-order valence-corrected chi connectivity index (χ1v) is 4.72. The summed E-state index contributed by atoms with van der Waals surface area (Å²) in [4.78, 5) is 4.15. The molecule has 1 N–H and O–H groups in total. The van der Waals surface area contributed by atoms with E-state index in [1.54, 1.807) is 6.26 Å². The molecule has 0 bridgehead atoms. The van der Waals surface area contributed by atoms with Gasteiger partial charge in [-0.3, -0.25) is 0 Å². The van der Waals surface area contributed by atoms with Crippen molar-refractivity contribution in [3.63, 3.8) is 0 Å². The molecule has 0 amide bonds. The van der Waals surface area contributed by atoms with E-state index in [1.807, 2.05) is 24.7 Å². The van der Waals surface area contributed by atoms with Crippen LogP contribution in [0.25, 0.3) is 0 Å². The molecule has 14 heavy (non-hydrogen) atoms. The van der Waals surface area contributed by atoms with E-state index >= 15 is 0 Å². The Bertz CT molecular complexity index is 418. The summed E-state index contributed by atoms with van der Waals surface area (Å²) in [7, 11) is 0. The molecule has 72 valence electrons. The summed E-state index contributed by atoms with van der Waals surface area (Å²) in [5, 5.41) is 3.41. The summed E-state index contributed by atoms with van der Waals surface area (Å²) in [6.07, 6.45) is 5.46. The predicted molar refractivity (Wildman–Crippen MR) is 50.8 cm³/mol. The SMILES string of the molecule is c1coc(C2NCCn3cncc32)c1. The van der Waals surface area contributed by atoms with Crippen molar-refractivity contribution in [2.45, 2.75) is 12.6 Å². The fraction of sp³-hybridized carbons (Fsp3) is 0.300. The normalized spacial score (nSPS) is 20.7. The third-order valence-corrected chi connectivity index (χ3v) is 2.57. The fourth-order valence-corrected chi connectivity index (χ4v) is 1.89. The van der Waals surface area contributed by atoms with Gasteiger partial charge in [-0.15, -0.1) is 0 Å². The lowest BCUT2D eigenvalue weighted by Gasteiger charge is -2.23. The molecule has 1 unspecified atom stereocenters. The summed E-state index contributed by atoms with van der Waals surface area (Å²) in [5.41, 5.74) is 1.17. The van der Waals surface area contributed by atoms with Crippen LogP contribution in [0.5, 0.6) is 0 Å². The van der Waals surface area contributed by atoms with Gasteiger partial charge in [-0.25, -0.2) is 4.98 Å². The van der Waals surface area contributed by atoms with E-state index in [1.165, 1.54) is 5.69 Å². The molecular weight excluding hydrogens is 178 g/mol. The van der Waals surface area contributed by atoms with Crippen LogP contribution in [0.1, 0.15) is 17.5 Å². The van der Waals surface area contributed by atoms with Crippen LogP contribution in [0, 0.1) is 0 Å². The van der Waals surface area contributed by atoms with Gasteiger partial charge < -0.3 is 14.3 Å². The number of rotatable bonds is 1. The van der Waals surface area contributed by atoms with Crippen molar-refractivity contribution in [2.75, 3.05) is 6.54 Å². The smallest absolute Gasteiger partial charge is 0.126 e. The zero-order chi connectivity index (χ0) is 9.38. The minimum Gasteiger partial charge on any atom is -0.467 e. The number of aromatic nitrogens is 2. The lowest BCUT2D eigenvalue weighted by Crippen LogP contribution is -2.33. The third kappa shape index (κ3) is 1.08. The first kappa shape index (κ1) is 7.82. The van der Waals surface area contributed by atoms with Crippen molar-refractivity contribution in [3.05, 3.63) is 42.4 Å². The molecular formula is C10H11N3O. The fourth-order valence-electron chi connectivity index (χ4n) is 1.89. The minimum absolute atomic E-state index is 0.154. The van der Waals surface area contributed by atoms with Gasteiger partial charge in [0.05, 0.1) is 24.5 Å². The number of fused-ring (bicyclic) bond motifs is 1. The molecule has 1 aliphatic heterocycles. The van der Waals surface area contributed by atoms with Crippen LogP contribution < -0.4 is 5.32 Å². The lowest BCUT2D eigenvalue weighted by atomic mass is 10.1. The summed E-state index contributed by atoms with van der Waals surface area (Å²) in [5.74, 6) is 0.950. The molecule has 0 aliphatic carbocycles. The Morgan fingerprint density at radius 1 is 1.57 bits per heavy atom. The highest BCUT2D eigenvalue weighted by Gasteiger charge is 2.23.